The van der Waals surface area contributed by atoms with Crippen molar-refractivity contribution in [2.24, 2.45) is 0 Å². The summed E-state index contributed by atoms with van der Waals surface area (Å²) in [5.74, 6) is 0.194. The van der Waals surface area contributed by atoms with Gasteiger partial charge in [-0.3, -0.25) is 9.78 Å². The van der Waals surface area contributed by atoms with Crippen molar-refractivity contribution in [3.05, 3.63) is 23.5 Å². The third kappa shape index (κ3) is 1.06. The summed E-state index contributed by atoms with van der Waals surface area (Å²) in [5.41, 5.74) is 1.31. The Morgan fingerprint density at radius 1 is 1.67 bits per heavy atom. The minimum absolute atomic E-state index is 0.0855. The molecule has 0 amide bonds. The summed E-state index contributed by atoms with van der Waals surface area (Å²) in [6.45, 7) is -0.0855. The Balaban J connectivity index is 2.41. The van der Waals surface area contributed by atoms with Crippen molar-refractivity contribution in [1.82, 2.24) is 4.98 Å². The molecule has 4 heteroatoms. The van der Waals surface area contributed by atoms with Crippen LogP contribution in [-0.4, -0.2) is 16.1 Å². The van der Waals surface area contributed by atoms with Crippen molar-refractivity contribution in [2.75, 3.05) is 0 Å². The van der Waals surface area contributed by atoms with Gasteiger partial charge in [-0.2, -0.15) is 0 Å². The molecule has 1 aliphatic heterocycles. The second kappa shape index (κ2) is 2.57. The minimum atomic E-state index is -0.285. The van der Waals surface area contributed by atoms with Gasteiger partial charge in [0.2, 0.25) is 0 Å². The molecule has 1 aliphatic rings. The van der Waals surface area contributed by atoms with Crippen molar-refractivity contribution >= 4 is 5.97 Å². The normalized spacial score (nSPS) is 14.2. The van der Waals surface area contributed by atoms with Crippen LogP contribution in [0.1, 0.15) is 11.3 Å². The van der Waals surface area contributed by atoms with E-state index in [4.69, 9.17) is 9.84 Å². The number of hydrogen-bond donors (Lipinski definition) is 1. The molecule has 0 saturated heterocycles. The van der Waals surface area contributed by atoms with Crippen molar-refractivity contribution < 1.29 is 14.6 Å². The van der Waals surface area contributed by atoms with Gasteiger partial charge in [0.25, 0.3) is 0 Å². The highest BCUT2D eigenvalue weighted by Gasteiger charge is 2.21. The number of nitrogens with zero attached hydrogens (tertiary/aromatic N) is 1. The van der Waals surface area contributed by atoms with E-state index in [2.05, 4.69) is 4.98 Å². The van der Waals surface area contributed by atoms with Crippen LogP contribution >= 0.6 is 0 Å². The van der Waals surface area contributed by atoms with Gasteiger partial charge in [0.15, 0.2) is 5.75 Å². The number of hydrogen-bond acceptors (Lipinski definition) is 4. The first-order valence-corrected chi connectivity index (χ1v) is 3.59. The van der Waals surface area contributed by atoms with E-state index in [1.807, 2.05) is 0 Å². The zero-order valence-corrected chi connectivity index (χ0v) is 6.28. The largest absolute Gasteiger partial charge is 0.424 e. The first-order valence-electron chi connectivity index (χ1n) is 3.59. The fourth-order valence-electron chi connectivity index (χ4n) is 1.12. The van der Waals surface area contributed by atoms with E-state index in [1.165, 1.54) is 0 Å². The van der Waals surface area contributed by atoms with E-state index < -0.39 is 0 Å². The fourth-order valence-corrected chi connectivity index (χ4v) is 1.12. The summed E-state index contributed by atoms with van der Waals surface area (Å²) in [6, 6.07) is 1.63. The van der Waals surface area contributed by atoms with Gasteiger partial charge in [0, 0.05) is 6.20 Å². The van der Waals surface area contributed by atoms with Crippen molar-refractivity contribution in [3.8, 4) is 5.75 Å². The number of carbonyl (C=O) groups is 1. The molecule has 0 atom stereocenters. The van der Waals surface area contributed by atoms with Crippen LogP contribution in [0.2, 0.25) is 0 Å². The predicted octanol–water partition coefficient (Wildman–Crippen LogP) is 0.0354. The molecule has 4 nitrogen and oxygen atoms in total. The number of aliphatic hydroxyl groups excluding tert-OH is 1. The maximum absolute atomic E-state index is 10.8. The van der Waals surface area contributed by atoms with Crippen LogP contribution in [0.25, 0.3) is 0 Å². The van der Waals surface area contributed by atoms with Gasteiger partial charge in [0.05, 0.1) is 18.7 Å². The minimum Gasteiger partial charge on any atom is -0.424 e. The number of aromatic nitrogens is 1. The van der Waals surface area contributed by atoms with Crippen LogP contribution < -0.4 is 4.74 Å². The molecule has 0 aromatic carbocycles. The molecule has 2 heterocycles. The van der Waals surface area contributed by atoms with Crippen molar-refractivity contribution in [3.63, 3.8) is 0 Å². The number of carbonyl (C=O) groups excluding carboxylic acids is 1. The lowest BCUT2D eigenvalue weighted by Gasteiger charge is -1.98. The summed E-state index contributed by atoms with van der Waals surface area (Å²) >= 11 is 0. The number of aliphatic hydroxyl groups is 1. The lowest BCUT2D eigenvalue weighted by molar-refractivity contribution is -0.131. The maximum atomic E-state index is 10.8. The first kappa shape index (κ1) is 7.24. The van der Waals surface area contributed by atoms with Crippen LogP contribution in [0, 0.1) is 0 Å². The molecule has 62 valence electrons. The summed E-state index contributed by atoms with van der Waals surface area (Å²) in [5, 5.41) is 8.75. The number of esters is 1. The van der Waals surface area contributed by atoms with E-state index in [-0.39, 0.29) is 19.0 Å². The molecule has 2 rings (SSSR count). The Labute approximate surface area is 68.8 Å². The van der Waals surface area contributed by atoms with Gasteiger partial charge in [-0.15, -0.1) is 0 Å². The predicted molar refractivity (Wildman–Crippen MR) is 39.5 cm³/mol. The topological polar surface area (TPSA) is 59.4 Å². The Bertz CT molecular complexity index is 335. The highest BCUT2D eigenvalue weighted by Crippen LogP contribution is 2.24. The molecule has 0 bridgehead atoms. The van der Waals surface area contributed by atoms with Gasteiger partial charge < -0.3 is 9.84 Å². The molecule has 0 radical (unpaired) electrons. The standard InChI is InChI=1S/C8H7NO3/c10-4-5-1-7-6(9-3-5)2-8(11)12-7/h1,3,10H,2,4H2. The maximum Gasteiger partial charge on any atom is 0.317 e. The first-order chi connectivity index (χ1) is 5.79. The summed E-state index contributed by atoms with van der Waals surface area (Å²) in [6.07, 6.45) is 1.78. The Morgan fingerprint density at radius 2 is 2.50 bits per heavy atom. The second-order valence-electron chi connectivity index (χ2n) is 2.60. The SMILES string of the molecule is O=C1Cc2ncc(CO)cc2O1. The van der Waals surface area contributed by atoms with Gasteiger partial charge >= 0.3 is 5.97 Å². The molecule has 0 spiro atoms. The smallest absolute Gasteiger partial charge is 0.317 e. The Hall–Kier alpha value is -1.42. The van der Waals surface area contributed by atoms with Crippen LogP contribution in [0.5, 0.6) is 5.75 Å². The highest BCUT2D eigenvalue weighted by molar-refractivity contribution is 5.79. The Morgan fingerprint density at radius 3 is 3.25 bits per heavy atom. The van der Waals surface area contributed by atoms with E-state index >= 15 is 0 Å². The molecular formula is C8H7NO3. The van der Waals surface area contributed by atoms with Crippen LogP contribution in [0.3, 0.4) is 0 Å². The third-order valence-electron chi connectivity index (χ3n) is 1.71. The molecule has 0 saturated carbocycles. The second-order valence-corrected chi connectivity index (χ2v) is 2.60. The monoisotopic (exact) mass is 165 g/mol. The van der Waals surface area contributed by atoms with Gasteiger partial charge in [-0.25, -0.2) is 0 Å². The summed E-state index contributed by atoms with van der Waals surface area (Å²) in [7, 11) is 0. The van der Waals surface area contributed by atoms with Gasteiger partial charge in [-0.1, -0.05) is 0 Å². The summed E-state index contributed by atoms with van der Waals surface area (Å²) in [4.78, 5) is 14.7. The molecule has 12 heavy (non-hydrogen) atoms. The lowest BCUT2D eigenvalue weighted by Crippen LogP contribution is -2.00. The zero-order valence-electron chi connectivity index (χ0n) is 6.28. The third-order valence-corrected chi connectivity index (χ3v) is 1.71. The molecule has 0 fully saturated rings. The molecular weight excluding hydrogens is 158 g/mol. The van der Waals surface area contributed by atoms with Crippen molar-refractivity contribution in [1.29, 1.82) is 0 Å². The quantitative estimate of drug-likeness (QED) is 0.596. The molecule has 0 aliphatic carbocycles. The molecule has 1 aromatic rings. The number of fused-ring (bicyclic) bond motifs is 1. The van der Waals surface area contributed by atoms with E-state index in [0.29, 0.717) is 17.0 Å². The lowest BCUT2D eigenvalue weighted by atomic mass is 10.2. The summed E-state index contributed by atoms with van der Waals surface area (Å²) < 4.78 is 4.84. The number of ether oxygens (including phenoxy) is 1. The average Bonchev–Trinajstić information content (AvgIpc) is 2.43. The zero-order chi connectivity index (χ0) is 8.55. The van der Waals surface area contributed by atoms with Crippen LogP contribution in [-0.2, 0) is 17.8 Å². The van der Waals surface area contributed by atoms with E-state index in [9.17, 15) is 4.79 Å². The van der Waals surface area contributed by atoms with E-state index in [1.54, 1.807) is 12.3 Å². The van der Waals surface area contributed by atoms with Gasteiger partial charge in [-0.05, 0) is 11.6 Å². The fraction of sp³-hybridized carbons (Fsp3) is 0.250. The van der Waals surface area contributed by atoms with Gasteiger partial charge in [0.1, 0.15) is 0 Å². The molecule has 1 aromatic heterocycles. The number of rotatable bonds is 1. The van der Waals surface area contributed by atoms with E-state index in [0.717, 1.165) is 0 Å². The van der Waals surface area contributed by atoms with Crippen molar-refractivity contribution in [2.45, 2.75) is 13.0 Å². The average molecular weight is 165 g/mol. The molecule has 1 N–H and O–H groups in total. The highest BCUT2D eigenvalue weighted by atomic mass is 16.5. The Kier molecular flexibility index (Phi) is 1.55. The van der Waals surface area contributed by atoms with Crippen LogP contribution in [0.4, 0.5) is 0 Å². The number of pyridine rings is 1. The molecule has 0 unspecified atom stereocenters. The van der Waals surface area contributed by atoms with Crippen LogP contribution in [0.15, 0.2) is 12.3 Å².